The standard InChI is InChI=1S/C51H46N4/c52-50(55-51(40-16-5-2-6-17-40)53-34-35-23-25-37(26-24-35)36-13-3-1-4-14-36)39-27-30-42(31-28-39)54-48-22-12-11-21-45(48)47-33-41-18-8-9-19-43(41)46-32-29-38-15-7-10-20-44(38)49(46)47/h1-5,7-16,18-25,27-33,37,50-51,53-55H,6,17,26,34,52H2. The average Bonchev–Trinajstić information content (AvgIpc) is 3.26. The second kappa shape index (κ2) is 15.7. The van der Waals surface area contributed by atoms with Gasteiger partial charge >= 0.3 is 0 Å². The van der Waals surface area contributed by atoms with Gasteiger partial charge in [-0.15, -0.1) is 0 Å². The fraction of sp³-hybridized carbons (Fsp3) is 0.137. The molecule has 0 spiro atoms. The lowest BCUT2D eigenvalue weighted by Crippen LogP contribution is -2.48. The SMILES string of the molecule is NC(NC(NCC1=CCC(c2ccccc2)C=C1)C1=CC=CCC1)c1ccc(Nc2ccccc2-c2cc3ccccc3c3ccc4ccccc4c23)cc1. The molecule has 0 saturated heterocycles. The lowest BCUT2D eigenvalue weighted by molar-refractivity contribution is 0.419. The largest absolute Gasteiger partial charge is 0.355 e. The number of hydrogen-bond acceptors (Lipinski definition) is 4. The zero-order valence-corrected chi connectivity index (χ0v) is 31.0. The summed E-state index contributed by atoms with van der Waals surface area (Å²) in [5.41, 5.74) is 16.4. The van der Waals surface area contributed by atoms with Crippen molar-refractivity contribution < 1.29 is 0 Å². The number of rotatable bonds is 11. The summed E-state index contributed by atoms with van der Waals surface area (Å²) in [5, 5.41) is 18.8. The van der Waals surface area contributed by atoms with Crippen LogP contribution < -0.4 is 21.7 Å². The second-order valence-electron chi connectivity index (χ2n) is 14.7. The molecule has 9 rings (SSSR count). The van der Waals surface area contributed by atoms with E-state index in [0.29, 0.717) is 5.92 Å². The van der Waals surface area contributed by atoms with E-state index in [1.54, 1.807) is 0 Å². The summed E-state index contributed by atoms with van der Waals surface area (Å²) in [6, 6.07) is 52.2. The summed E-state index contributed by atoms with van der Waals surface area (Å²) in [4.78, 5) is 0. The molecule has 4 heteroatoms. The molecule has 7 aromatic rings. The number of anilines is 2. The van der Waals surface area contributed by atoms with Crippen LogP contribution in [0, 0.1) is 0 Å². The molecule has 4 nitrogen and oxygen atoms in total. The van der Waals surface area contributed by atoms with Crippen molar-refractivity contribution >= 4 is 43.7 Å². The smallest absolute Gasteiger partial charge is 0.0824 e. The molecule has 0 radical (unpaired) electrons. The van der Waals surface area contributed by atoms with E-state index in [9.17, 15) is 0 Å². The van der Waals surface area contributed by atoms with Crippen LogP contribution in [-0.4, -0.2) is 12.7 Å². The van der Waals surface area contributed by atoms with Crippen LogP contribution in [0.25, 0.3) is 43.4 Å². The molecule has 7 aromatic carbocycles. The molecule has 0 fully saturated rings. The summed E-state index contributed by atoms with van der Waals surface area (Å²) in [5.74, 6) is 0.434. The van der Waals surface area contributed by atoms with E-state index in [4.69, 9.17) is 5.73 Å². The normalized spacial score (nSPS) is 16.6. The van der Waals surface area contributed by atoms with Crippen molar-refractivity contribution in [1.29, 1.82) is 0 Å². The van der Waals surface area contributed by atoms with Gasteiger partial charge in [0.1, 0.15) is 0 Å². The van der Waals surface area contributed by atoms with Crippen LogP contribution in [-0.2, 0) is 0 Å². The molecule has 3 atom stereocenters. The van der Waals surface area contributed by atoms with Gasteiger partial charge in [0.15, 0.2) is 0 Å². The number of benzene rings is 7. The van der Waals surface area contributed by atoms with E-state index >= 15 is 0 Å². The molecule has 0 aliphatic heterocycles. The van der Waals surface area contributed by atoms with Gasteiger partial charge in [-0.2, -0.15) is 0 Å². The van der Waals surface area contributed by atoms with Gasteiger partial charge in [0.05, 0.1) is 12.3 Å². The number of fused-ring (bicyclic) bond motifs is 5. The minimum Gasteiger partial charge on any atom is -0.355 e. The third-order valence-corrected chi connectivity index (χ3v) is 11.2. The van der Waals surface area contributed by atoms with Crippen molar-refractivity contribution in [3.63, 3.8) is 0 Å². The molecule has 0 aromatic heterocycles. The van der Waals surface area contributed by atoms with Crippen molar-refractivity contribution in [3.8, 4) is 11.1 Å². The lowest BCUT2D eigenvalue weighted by Gasteiger charge is -2.28. The second-order valence-corrected chi connectivity index (χ2v) is 14.7. The summed E-state index contributed by atoms with van der Waals surface area (Å²) in [6.45, 7) is 0.772. The van der Waals surface area contributed by atoms with Gasteiger partial charge in [-0.05, 0) is 104 Å². The summed E-state index contributed by atoms with van der Waals surface area (Å²) >= 11 is 0. The van der Waals surface area contributed by atoms with Crippen LogP contribution in [0.15, 0.2) is 193 Å². The van der Waals surface area contributed by atoms with Gasteiger partial charge in [-0.3, -0.25) is 10.6 Å². The molecule has 55 heavy (non-hydrogen) atoms. The Morgan fingerprint density at radius 1 is 0.691 bits per heavy atom. The minimum absolute atomic E-state index is 0.0429. The maximum atomic E-state index is 6.89. The first-order valence-electron chi connectivity index (χ1n) is 19.5. The van der Waals surface area contributed by atoms with Crippen LogP contribution in [0.4, 0.5) is 11.4 Å². The Bertz CT molecular complexity index is 2600. The zero-order valence-electron chi connectivity index (χ0n) is 31.0. The zero-order chi connectivity index (χ0) is 37.0. The highest BCUT2D eigenvalue weighted by Gasteiger charge is 2.20. The molecule has 0 saturated carbocycles. The Morgan fingerprint density at radius 3 is 2.25 bits per heavy atom. The molecule has 2 aliphatic rings. The van der Waals surface area contributed by atoms with Crippen molar-refractivity contribution in [1.82, 2.24) is 10.6 Å². The van der Waals surface area contributed by atoms with Crippen LogP contribution in [0.3, 0.4) is 0 Å². The molecule has 3 unspecified atom stereocenters. The van der Waals surface area contributed by atoms with Crippen molar-refractivity contribution in [2.24, 2.45) is 5.73 Å². The van der Waals surface area contributed by atoms with Crippen LogP contribution in [0.1, 0.15) is 42.5 Å². The van der Waals surface area contributed by atoms with Gasteiger partial charge in [-0.1, -0.05) is 158 Å². The van der Waals surface area contributed by atoms with E-state index < -0.39 is 0 Å². The van der Waals surface area contributed by atoms with E-state index in [-0.39, 0.29) is 12.3 Å². The van der Waals surface area contributed by atoms with Crippen LogP contribution in [0.5, 0.6) is 0 Å². The van der Waals surface area contributed by atoms with E-state index in [2.05, 4.69) is 198 Å². The lowest BCUT2D eigenvalue weighted by atomic mass is 9.89. The molecular weight excluding hydrogens is 669 g/mol. The number of hydrogen-bond donors (Lipinski definition) is 4. The molecule has 2 aliphatic carbocycles. The van der Waals surface area contributed by atoms with Gasteiger partial charge in [0.25, 0.3) is 0 Å². The van der Waals surface area contributed by atoms with Gasteiger partial charge < -0.3 is 11.1 Å². The maximum absolute atomic E-state index is 6.89. The molecule has 5 N–H and O–H groups in total. The Balaban J connectivity index is 0.938. The third-order valence-electron chi connectivity index (χ3n) is 11.2. The first-order chi connectivity index (χ1) is 27.2. The van der Waals surface area contributed by atoms with Crippen molar-refractivity contribution in [3.05, 3.63) is 204 Å². The minimum atomic E-state index is -0.346. The molecule has 0 amide bonds. The van der Waals surface area contributed by atoms with Gasteiger partial charge in [0, 0.05) is 29.4 Å². The van der Waals surface area contributed by atoms with E-state index in [1.165, 1.54) is 60.2 Å². The molecule has 0 bridgehead atoms. The van der Waals surface area contributed by atoms with Crippen molar-refractivity contribution in [2.45, 2.75) is 37.5 Å². The van der Waals surface area contributed by atoms with Crippen molar-refractivity contribution in [2.75, 3.05) is 11.9 Å². The molecule has 0 heterocycles. The van der Waals surface area contributed by atoms with Crippen LogP contribution in [0.2, 0.25) is 0 Å². The maximum Gasteiger partial charge on any atom is 0.0824 e. The van der Waals surface area contributed by atoms with E-state index in [0.717, 1.165) is 42.7 Å². The first kappa shape index (κ1) is 34.7. The average molecular weight is 715 g/mol. The molecular formula is C51H46N4. The van der Waals surface area contributed by atoms with Gasteiger partial charge in [-0.25, -0.2) is 0 Å². The first-order valence-corrected chi connectivity index (χ1v) is 19.5. The highest BCUT2D eigenvalue weighted by atomic mass is 15.2. The fourth-order valence-corrected chi connectivity index (χ4v) is 8.25. The Kier molecular flexibility index (Phi) is 9.94. The Morgan fingerprint density at radius 2 is 1.45 bits per heavy atom. The summed E-state index contributed by atoms with van der Waals surface area (Å²) in [6.07, 6.45) is 16.3. The number of para-hydroxylation sites is 1. The predicted molar refractivity (Wildman–Crippen MR) is 233 cm³/mol. The number of allylic oxidation sites excluding steroid dienone is 5. The topological polar surface area (TPSA) is 62.1 Å². The Hall–Kier alpha value is -6.04. The predicted octanol–water partition coefficient (Wildman–Crippen LogP) is 12.0. The fourth-order valence-electron chi connectivity index (χ4n) is 8.25. The number of nitrogens with one attached hydrogen (secondary N) is 3. The number of nitrogens with two attached hydrogens (primary N) is 1. The molecule has 270 valence electrons. The Labute approximate surface area is 323 Å². The quantitative estimate of drug-likeness (QED) is 0.0796. The summed E-state index contributed by atoms with van der Waals surface area (Å²) < 4.78 is 0. The monoisotopic (exact) mass is 714 g/mol. The highest BCUT2D eigenvalue weighted by Crippen LogP contribution is 2.42. The van der Waals surface area contributed by atoms with Crippen LogP contribution >= 0.6 is 0 Å². The highest BCUT2D eigenvalue weighted by molar-refractivity contribution is 6.23. The van der Waals surface area contributed by atoms with Gasteiger partial charge in [0.2, 0.25) is 0 Å². The van der Waals surface area contributed by atoms with E-state index in [1.807, 2.05) is 0 Å². The third kappa shape index (κ3) is 7.41. The summed E-state index contributed by atoms with van der Waals surface area (Å²) in [7, 11) is 0.